The third-order valence-electron chi connectivity index (χ3n) is 6.40. The van der Waals surface area contributed by atoms with Crippen molar-refractivity contribution in [3.63, 3.8) is 0 Å². The second kappa shape index (κ2) is 11.0. The van der Waals surface area contributed by atoms with Crippen molar-refractivity contribution >= 4 is 39.1 Å². The zero-order chi connectivity index (χ0) is 25.9. The molecule has 0 saturated carbocycles. The van der Waals surface area contributed by atoms with Crippen LogP contribution in [0, 0.1) is 0 Å². The van der Waals surface area contributed by atoms with Crippen LogP contribution in [0.25, 0.3) is 15.9 Å². The summed E-state index contributed by atoms with van der Waals surface area (Å²) in [6, 6.07) is 12.5. The fourth-order valence-corrected chi connectivity index (χ4v) is 6.81. The molecule has 37 heavy (non-hydrogen) atoms. The summed E-state index contributed by atoms with van der Waals surface area (Å²) in [5, 5.41) is 1.19. The highest BCUT2D eigenvalue weighted by Crippen LogP contribution is 2.36. The van der Waals surface area contributed by atoms with Crippen LogP contribution in [0.4, 0.5) is 0 Å². The van der Waals surface area contributed by atoms with E-state index in [4.69, 9.17) is 19.2 Å². The number of thiophene rings is 1. The first-order chi connectivity index (χ1) is 18.0. The van der Waals surface area contributed by atoms with E-state index in [-0.39, 0.29) is 17.1 Å². The number of nitrogens with zero attached hydrogens (tertiary/aromatic N) is 2. The molecule has 2 aromatic heterocycles. The third-order valence-corrected chi connectivity index (χ3v) is 8.53. The molecule has 0 bridgehead atoms. The van der Waals surface area contributed by atoms with Crippen LogP contribution in [0.5, 0.6) is 17.2 Å². The zero-order valence-electron chi connectivity index (χ0n) is 21.0. The van der Waals surface area contributed by atoms with Gasteiger partial charge in [-0.25, -0.2) is 4.98 Å². The second-order valence-corrected chi connectivity index (χ2v) is 10.7. The van der Waals surface area contributed by atoms with Gasteiger partial charge in [0.1, 0.15) is 22.1 Å². The summed E-state index contributed by atoms with van der Waals surface area (Å²) in [6.45, 7) is 2.49. The quantitative estimate of drug-likeness (QED) is 0.154. The molecule has 2 heterocycles. The Hall–Kier alpha value is -3.30. The minimum absolute atomic E-state index is 0.0869. The number of aromatic nitrogens is 2. The maximum Gasteiger partial charge on any atom is 0.267 e. The van der Waals surface area contributed by atoms with Crippen molar-refractivity contribution in [1.29, 1.82) is 0 Å². The number of carbonyl (C=O) groups excluding carboxylic acids is 1. The minimum Gasteiger partial charge on any atom is -0.497 e. The Morgan fingerprint density at radius 2 is 1.81 bits per heavy atom. The van der Waals surface area contributed by atoms with Gasteiger partial charge >= 0.3 is 0 Å². The average molecular weight is 537 g/mol. The van der Waals surface area contributed by atoms with Crippen LogP contribution in [0.2, 0.25) is 0 Å². The number of aryl methyl sites for hydroxylation is 2. The number of ketones is 1. The smallest absolute Gasteiger partial charge is 0.267 e. The van der Waals surface area contributed by atoms with Gasteiger partial charge in [0.2, 0.25) is 0 Å². The number of Topliss-reactive ketones (excluding diaryl/α,β-unsaturated/α-hetero) is 1. The first-order valence-corrected chi connectivity index (χ1v) is 14.0. The number of methoxy groups -OCH3 is 2. The van der Waals surface area contributed by atoms with Crippen LogP contribution < -0.4 is 19.8 Å². The van der Waals surface area contributed by atoms with E-state index in [1.165, 1.54) is 23.7 Å². The number of benzene rings is 2. The molecule has 5 rings (SSSR count). The number of fused-ring (bicyclic) bond motifs is 3. The van der Waals surface area contributed by atoms with Crippen molar-refractivity contribution in [2.75, 3.05) is 26.6 Å². The number of ether oxygens (including phenoxy) is 3. The highest BCUT2D eigenvalue weighted by atomic mass is 32.2. The van der Waals surface area contributed by atoms with E-state index >= 15 is 0 Å². The lowest BCUT2D eigenvalue weighted by atomic mass is 9.97. The van der Waals surface area contributed by atoms with Gasteiger partial charge in [-0.1, -0.05) is 11.8 Å². The maximum atomic E-state index is 14.0. The van der Waals surface area contributed by atoms with Crippen LogP contribution in [-0.2, 0) is 12.8 Å². The molecule has 4 aromatic rings. The fourth-order valence-electron chi connectivity index (χ4n) is 4.61. The summed E-state index contributed by atoms with van der Waals surface area (Å²) in [5.41, 5.74) is 2.16. The molecule has 0 atom stereocenters. The molecule has 0 amide bonds. The van der Waals surface area contributed by atoms with Crippen LogP contribution >= 0.6 is 23.1 Å². The number of thioether (sulfide) groups is 1. The van der Waals surface area contributed by atoms with Crippen molar-refractivity contribution in [2.24, 2.45) is 0 Å². The van der Waals surface area contributed by atoms with E-state index < -0.39 is 0 Å². The van der Waals surface area contributed by atoms with Gasteiger partial charge in [0.15, 0.2) is 10.9 Å². The van der Waals surface area contributed by atoms with E-state index in [1.54, 1.807) is 41.2 Å². The zero-order valence-corrected chi connectivity index (χ0v) is 22.7. The molecule has 7 nitrogen and oxygen atoms in total. The molecular weight excluding hydrogens is 508 g/mol. The number of carbonyl (C=O) groups is 1. The molecule has 0 saturated heterocycles. The summed E-state index contributed by atoms with van der Waals surface area (Å²) >= 11 is 2.85. The summed E-state index contributed by atoms with van der Waals surface area (Å²) in [6.07, 6.45) is 4.09. The molecule has 2 aromatic carbocycles. The highest BCUT2D eigenvalue weighted by molar-refractivity contribution is 7.99. The topological polar surface area (TPSA) is 79.7 Å². The Kier molecular flexibility index (Phi) is 7.53. The fraction of sp³-hybridized carbons (Fsp3) is 0.321. The number of hydrogen-bond donors (Lipinski definition) is 0. The lowest BCUT2D eigenvalue weighted by Crippen LogP contribution is -2.22. The van der Waals surface area contributed by atoms with Crippen molar-refractivity contribution in [2.45, 2.75) is 37.8 Å². The van der Waals surface area contributed by atoms with Crippen molar-refractivity contribution in [3.05, 3.63) is 68.8 Å². The Bertz CT molecular complexity index is 1510. The summed E-state index contributed by atoms with van der Waals surface area (Å²) in [4.78, 5) is 34.1. The molecule has 0 N–H and O–H groups in total. The summed E-state index contributed by atoms with van der Waals surface area (Å²) < 4.78 is 17.9. The van der Waals surface area contributed by atoms with Gasteiger partial charge in [0.25, 0.3) is 5.56 Å². The van der Waals surface area contributed by atoms with Gasteiger partial charge < -0.3 is 14.2 Å². The van der Waals surface area contributed by atoms with E-state index in [1.807, 2.05) is 31.2 Å². The Labute approximate surface area is 223 Å². The van der Waals surface area contributed by atoms with Gasteiger partial charge in [-0.05, 0) is 80.6 Å². The highest BCUT2D eigenvalue weighted by Gasteiger charge is 2.24. The van der Waals surface area contributed by atoms with Crippen molar-refractivity contribution < 1.29 is 19.0 Å². The Balaban J connectivity index is 1.57. The second-order valence-electron chi connectivity index (χ2n) is 8.63. The molecule has 0 fully saturated rings. The number of hydrogen-bond acceptors (Lipinski definition) is 8. The first-order valence-electron chi connectivity index (χ1n) is 12.2. The molecule has 0 unspecified atom stereocenters. The van der Waals surface area contributed by atoms with Crippen LogP contribution in [0.1, 0.15) is 40.6 Å². The predicted octanol–water partition coefficient (Wildman–Crippen LogP) is 5.72. The Morgan fingerprint density at radius 1 is 1.05 bits per heavy atom. The van der Waals surface area contributed by atoms with E-state index in [0.717, 1.165) is 41.8 Å². The van der Waals surface area contributed by atoms with E-state index in [9.17, 15) is 9.59 Å². The SMILES string of the molecule is CCOc1ccc(-n2c(SCC(=O)c3cc(OC)ccc3OC)nc3sc4c(c3c2=O)CCCC4)cc1. The molecular formula is C28H28N2O5S2. The van der Waals surface area contributed by atoms with E-state index in [2.05, 4.69) is 0 Å². The summed E-state index contributed by atoms with van der Waals surface area (Å²) in [5.74, 6) is 1.73. The van der Waals surface area contributed by atoms with Gasteiger partial charge in [0.05, 0.1) is 43.2 Å². The molecule has 192 valence electrons. The molecule has 0 aliphatic heterocycles. The van der Waals surface area contributed by atoms with Gasteiger partial charge in [-0.2, -0.15) is 0 Å². The van der Waals surface area contributed by atoms with Crippen LogP contribution in [0.3, 0.4) is 0 Å². The van der Waals surface area contributed by atoms with Gasteiger partial charge in [-0.3, -0.25) is 14.2 Å². The van der Waals surface area contributed by atoms with Crippen LogP contribution in [0.15, 0.2) is 52.4 Å². The average Bonchev–Trinajstić information content (AvgIpc) is 3.31. The number of rotatable bonds is 9. The molecule has 1 aliphatic rings. The molecule has 1 aliphatic carbocycles. The lowest BCUT2D eigenvalue weighted by molar-refractivity contribution is 0.101. The van der Waals surface area contributed by atoms with Crippen LogP contribution in [-0.4, -0.2) is 41.9 Å². The largest absolute Gasteiger partial charge is 0.497 e. The van der Waals surface area contributed by atoms with Gasteiger partial charge in [0, 0.05) is 4.88 Å². The van der Waals surface area contributed by atoms with Gasteiger partial charge in [-0.15, -0.1) is 11.3 Å². The molecule has 0 spiro atoms. The van der Waals surface area contributed by atoms with Crippen molar-refractivity contribution in [3.8, 4) is 22.9 Å². The molecule has 0 radical (unpaired) electrons. The maximum absolute atomic E-state index is 14.0. The lowest BCUT2D eigenvalue weighted by Gasteiger charge is -2.14. The third kappa shape index (κ3) is 4.98. The first kappa shape index (κ1) is 25.4. The molecule has 9 heteroatoms. The summed E-state index contributed by atoms with van der Waals surface area (Å²) in [7, 11) is 3.09. The Morgan fingerprint density at radius 3 is 2.54 bits per heavy atom. The normalized spacial score (nSPS) is 12.8. The van der Waals surface area contributed by atoms with E-state index in [0.29, 0.717) is 39.9 Å². The van der Waals surface area contributed by atoms with Crippen molar-refractivity contribution in [1.82, 2.24) is 9.55 Å². The predicted molar refractivity (Wildman–Crippen MR) is 148 cm³/mol. The monoisotopic (exact) mass is 536 g/mol. The standard InChI is InChI=1S/C28H28N2O5S2/c1-4-35-18-11-9-17(10-12-18)30-27(32)25-20-7-5-6-8-24(20)37-26(25)29-28(30)36-16-22(31)21-15-19(33-2)13-14-23(21)34-3/h9-15H,4-8,16H2,1-3H3. The minimum atomic E-state index is -0.140.